The number of hydrogen-bond donors (Lipinski definition) is 2. The maximum absolute atomic E-state index is 13.1. The lowest BCUT2D eigenvalue weighted by molar-refractivity contribution is -0.138. The van der Waals surface area contributed by atoms with Crippen molar-refractivity contribution in [2.75, 3.05) is 39.8 Å². The number of carbonyl (C=O) groups is 3. The highest BCUT2D eigenvalue weighted by atomic mass is 127. The third-order valence-corrected chi connectivity index (χ3v) is 7.92. The first-order valence-electron chi connectivity index (χ1n) is 13.3. The van der Waals surface area contributed by atoms with E-state index >= 15 is 0 Å². The van der Waals surface area contributed by atoms with Crippen molar-refractivity contribution in [1.82, 2.24) is 9.80 Å². The summed E-state index contributed by atoms with van der Waals surface area (Å²) >= 11 is 2.21. The Morgan fingerprint density at radius 3 is 2.41 bits per heavy atom. The van der Waals surface area contributed by atoms with Gasteiger partial charge in [-0.25, -0.2) is 0 Å². The van der Waals surface area contributed by atoms with E-state index < -0.39 is 11.9 Å². The second-order valence-corrected chi connectivity index (χ2v) is 11.5. The molecule has 1 saturated carbocycles. The van der Waals surface area contributed by atoms with E-state index in [1.807, 2.05) is 41.3 Å². The van der Waals surface area contributed by atoms with Crippen molar-refractivity contribution in [1.29, 1.82) is 0 Å². The first kappa shape index (κ1) is 29.1. The van der Waals surface area contributed by atoms with Crippen LogP contribution in [-0.2, 0) is 16.0 Å². The van der Waals surface area contributed by atoms with Gasteiger partial charge in [-0.2, -0.15) is 0 Å². The smallest absolute Gasteiger partial charge is 0.303 e. The highest BCUT2D eigenvalue weighted by Gasteiger charge is 2.34. The summed E-state index contributed by atoms with van der Waals surface area (Å²) in [6.45, 7) is 3.42. The zero-order valence-corrected chi connectivity index (χ0v) is 24.3. The molecule has 210 valence electrons. The van der Waals surface area contributed by atoms with Crippen LogP contribution in [0.4, 0.5) is 0 Å². The Bertz CT molecular complexity index is 1190. The minimum Gasteiger partial charge on any atom is -0.493 e. The zero-order valence-electron chi connectivity index (χ0n) is 22.1. The number of nitrogens with zero attached hydrogens (tertiary/aromatic N) is 2. The lowest BCUT2D eigenvalue weighted by Gasteiger charge is -2.37. The number of carboxylic acid groups (broad SMARTS) is 2. The molecule has 0 radical (unpaired) electrons. The van der Waals surface area contributed by atoms with E-state index in [0.717, 1.165) is 40.6 Å². The molecule has 9 nitrogen and oxygen atoms in total. The fraction of sp³-hybridized carbons (Fsp3) is 0.483. The molecule has 2 aliphatic rings. The van der Waals surface area contributed by atoms with Gasteiger partial charge in [-0.15, -0.1) is 0 Å². The Morgan fingerprint density at radius 2 is 1.72 bits per heavy atom. The van der Waals surface area contributed by atoms with Crippen LogP contribution in [0.3, 0.4) is 0 Å². The number of amides is 1. The van der Waals surface area contributed by atoms with E-state index in [9.17, 15) is 19.5 Å². The molecule has 0 spiro atoms. The maximum atomic E-state index is 13.1. The molecule has 0 atom stereocenters. The van der Waals surface area contributed by atoms with Crippen molar-refractivity contribution in [2.24, 2.45) is 0 Å². The van der Waals surface area contributed by atoms with Crippen molar-refractivity contribution in [2.45, 2.75) is 50.5 Å². The average molecular weight is 651 g/mol. The molecule has 4 rings (SSSR count). The molecule has 0 unspecified atom stereocenters. The monoisotopic (exact) mass is 650 g/mol. The Hall–Kier alpha value is -2.86. The van der Waals surface area contributed by atoms with Gasteiger partial charge in [0, 0.05) is 48.2 Å². The van der Waals surface area contributed by atoms with E-state index in [1.54, 1.807) is 0 Å². The van der Waals surface area contributed by atoms with Gasteiger partial charge >= 0.3 is 11.9 Å². The quantitative estimate of drug-likeness (QED) is 0.259. The summed E-state index contributed by atoms with van der Waals surface area (Å²) in [6.07, 6.45) is 2.27. The van der Waals surface area contributed by atoms with Crippen molar-refractivity contribution in [3.63, 3.8) is 0 Å². The molecule has 1 aliphatic carbocycles. The fourth-order valence-corrected chi connectivity index (χ4v) is 5.70. The normalized spacial score (nSPS) is 19.3. The second-order valence-electron chi connectivity index (χ2n) is 10.2. The van der Waals surface area contributed by atoms with Crippen LogP contribution in [-0.4, -0.2) is 83.8 Å². The van der Waals surface area contributed by atoms with Crippen LogP contribution >= 0.6 is 22.6 Å². The first-order valence-corrected chi connectivity index (χ1v) is 14.4. The topological polar surface area (TPSA) is 117 Å². The minimum atomic E-state index is -0.878. The largest absolute Gasteiger partial charge is 0.493 e. The molecule has 0 aromatic heterocycles. The number of aliphatic carboxylic acids is 2. The Morgan fingerprint density at radius 1 is 1.00 bits per heavy atom. The number of hydrogen-bond acceptors (Lipinski definition) is 6. The van der Waals surface area contributed by atoms with Crippen LogP contribution in [0.25, 0.3) is 0 Å². The average Bonchev–Trinajstić information content (AvgIpc) is 2.87. The molecule has 2 aromatic carbocycles. The van der Waals surface area contributed by atoms with Crippen LogP contribution in [0.5, 0.6) is 11.5 Å². The number of halogens is 1. The third-order valence-electron chi connectivity index (χ3n) is 7.30. The van der Waals surface area contributed by atoms with Crippen molar-refractivity contribution in [3.05, 3.63) is 56.7 Å². The molecular weight excluding hydrogens is 615 g/mol. The van der Waals surface area contributed by atoms with E-state index in [4.69, 9.17) is 14.6 Å². The van der Waals surface area contributed by atoms with E-state index in [-0.39, 0.29) is 37.4 Å². The van der Waals surface area contributed by atoms with Crippen LogP contribution < -0.4 is 9.47 Å². The van der Waals surface area contributed by atoms with Gasteiger partial charge in [-0.3, -0.25) is 14.4 Å². The van der Waals surface area contributed by atoms with Gasteiger partial charge in [0.1, 0.15) is 11.5 Å². The number of piperazine rings is 1. The minimum absolute atomic E-state index is 0.00717. The molecule has 10 heteroatoms. The predicted octanol–water partition coefficient (Wildman–Crippen LogP) is 4.26. The summed E-state index contributed by atoms with van der Waals surface area (Å²) in [5.74, 6) is -0.214. The van der Waals surface area contributed by atoms with Gasteiger partial charge in [0.15, 0.2) is 0 Å². The van der Waals surface area contributed by atoms with E-state index in [2.05, 4.69) is 34.5 Å². The molecule has 2 N–H and O–H groups in total. The molecule has 2 fully saturated rings. The first-order chi connectivity index (χ1) is 18.7. The van der Waals surface area contributed by atoms with Crippen molar-refractivity contribution < 1.29 is 34.1 Å². The van der Waals surface area contributed by atoms with Gasteiger partial charge in [-0.1, -0.05) is 12.1 Å². The number of carboxylic acids is 2. The summed E-state index contributed by atoms with van der Waals surface area (Å²) in [5.41, 5.74) is 2.56. The zero-order chi connectivity index (χ0) is 27.9. The van der Waals surface area contributed by atoms with Gasteiger partial charge in [0.2, 0.25) is 0 Å². The molecule has 1 aliphatic heterocycles. The van der Waals surface area contributed by atoms with Crippen LogP contribution in [0.15, 0.2) is 36.4 Å². The second kappa shape index (κ2) is 13.5. The fourth-order valence-electron chi connectivity index (χ4n) is 5.06. The third kappa shape index (κ3) is 8.07. The molecule has 2 aromatic rings. The molecule has 1 heterocycles. The Kier molecular flexibility index (Phi) is 10.1. The van der Waals surface area contributed by atoms with Gasteiger partial charge in [0.25, 0.3) is 5.91 Å². The summed E-state index contributed by atoms with van der Waals surface area (Å²) in [5, 5.41) is 18.1. The van der Waals surface area contributed by atoms with Crippen LogP contribution in [0.2, 0.25) is 0 Å². The number of likely N-dealkylation sites (N-methyl/N-ethyl adjacent to an activating group) is 1. The van der Waals surface area contributed by atoms with Gasteiger partial charge < -0.3 is 29.5 Å². The molecule has 0 bridgehead atoms. The lowest BCUT2D eigenvalue weighted by atomic mass is 9.75. The summed E-state index contributed by atoms with van der Waals surface area (Å²) in [7, 11) is 2.06. The molecule has 1 amide bonds. The standard InChI is InChI=1S/C29H35IN2O7/c1-31-9-11-32(12-10-31)29(37)20-14-21(30)18-23(17-20)39-22-15-19(16-22)24-4-2-5-26(25(24)7-8-28(35)36)38-13-3-6-27(33)34/h2,4-5,14,17-19,22H,3,6-13,15-16H2,1H3,(H,33,34)(H,35,36). The van der Waals surface area contributed by atoms with Crippen LogP contribution in [0.1, 0.15) is 59.5 Å². The van der Waals surface area contributed by atoms with E-state index in [0.29, 0.717) is 43.0 Å². The lowest BCUT2D eigenvalue weighted by Crippen LogP contribution is -2.47. The van der Waals surface area contributed by atoms with E-state index in [1.165, 1.54) is 0 Å². The van der Waals surface area contributed by atoms with Gasteiger partial charge in [-0.05, 0) is 96.6 Å². The molecular formula is C29H35IN2O7. The maximum Gasteiger partial charge on any atom is 0.303 e. The van der Waals surface area contributed by atoms with Crippen LogP contribution in [0, 0.1) is 3.57 Å². The van der Waals surface area contributed by atoms with Crippen molar-refractivity contribution >= 4 is 40.4 Å². The Labute approximate surface area is 242 Å². The van der Waals surface area contributed by atoms with Gasteiger partial charge in [0.05, 0.1) is 12.7 Å². The predicted molar refractivity (Wildman–Crippen MR) is 154 cm³/mol. The SMILES string of the molecule is CN1CCN(C(=O)c2cc(I)cc(OC3CC(c4cccc(OCCCC(=O)O)c4CCC(=O)O)C3)c2)CC1. The summed E-state index contributed by atoms with van der Waals surface area (Å²) < 4.78 is 13.1. The summed E-state index contributed by atoms with van der Waals surface area (Å²) in [6, 6.07) is 11.4. The molecule has 1 saturated heterocycles. The van der Waals surface area contributed by atoms with Crippen molar-refractivity contribution in [3.8, 4) is 11.5 Å². The number of rotatable bonds is 12. The number of ether oxygens (including phenoxy) is 2. The number of benzene rings is 2. The molecule has 39 heavy (non-hydrogen) atoms. The highest BCUT2D eigenvalue weighted by Crippen LogP contribution is 2.43. The summed E-state index contributed by atoms with van der Waals surface area (Å²) in [4.78, 5) is 39.3. The Balaban J connectivity index is 1.40. The highest BCUT2D eigenvalue weighted by molar-refractivity contribution is 14.1. The number of carbonyl (C=O) groups excluding carboxylic acids is 1.